The summed E-state index contributed by atoms with van der Waals surface area (Å²) in [5.41, 5.74) is 1.27. The predicted octanol–water partition coefficient (Wildman–Crippen LogP) is 5.26. The molecule has 0 bridgehead atoms. The van der Waals surface area contributed by atoms with Crippen molar-refractivity contribution in [2.24, 2.45) is 0 Å². The number of rotatable bonds is 5. The van der Waals surface area contributed by atoms with Gasteiger partial charge in [0.15, 0.2) is 0 Å². The van der Waals surface area contributed by atoms with Crippen LogP contribution in [0.2, 0.25) is 0 Å². The third kappa shape index (κ3) is 4.58. The Bertz CT molecular complexity index is 588. The zero-order chi connectivity index (χ0) is 14.5. The van der Waals surface area contributed by atoms with Crippen LogP contribution in [0.5, 0.6) is 0 Å². The molecular weight excluding hydrogens is 400 g/mol. The molecule has 1 aromatic heterocycles. The first-order valence-corrected chi connectivity index (χ1v) is 8.76. The summed E-state index contributed by atoms with van der Waals surface area (Å²) in [4.78, 5) is 5.54. The van der Waals surface area contributed by atoms with Crippen molar-refractivity contribution in [1.82, 2.24) is 10.3 Å². The van der Waals surface area contributed by atoms with Crippen LogP contribution < -0.4 is 5.32 Å². The zero-order valence-corrected chi connectivity index (χ0v) is 15.3. The average Bonchev–Trinajstić information content (AvgIpc) is 2.40. The van der Waals surface area contributed by atoms with Crippen LogP contribution in [0.4, 0.5) is 0 Å². The van der Waals surface area contributed by atoms with Gasteiger partial charge in [0.2, 0.25) is 0 Å². The van der Waals surface area contributed by atoms with Crippen LogP contribution in [0.3, 0.4) is 0 Å². The lowest BCUT2D eigenvalue weighted by molar-refractivity contribution is 0.587. The van der Waals surface area contributed by atoms with E-state index in [0.29, 0.717) is 6.04 Å². The maximum Gasteiger partial charge on any atom is 0.115 e. The van der Waals surface area contributed by atoms with Crippen LogP contribution in [0.1, 0.15) is 19.4 Å². The van der Waals surface area contributed by atoms with Crippen LogP contribution in [0.25, 0.3) is 0 Å². The van der Waals surface area contributed by atoms with Gasteiger partial charge in [-0.25, -0.2) is 4.98 Å². The molecule has 0 saturated carbocycles. The van der Waals surface area contributed by atoms with E-state index in [1.54, 1.807) is 11.8 Å². The summed E-state index contributed by atoms with van der Waals surface area (Å²) in [5, 5.41) is 4.40. The number of benzene rings is 1. The topological polar surface area (TPSA) is 24.9 Å². The second-order valence-corrected chi connectivity index (χ2v) is 7.45. The fraction of sp³-hybridized carbons (Fsp3) is 0.267. The summed E-state index contributed by atoms with van der Waals surface area (Å²) in [5.74, 6) is 0. The van der Waals surface area contributed by atoms with Gasteiger partial charge in [0.1, 0.15) is 5.03 Å². The van der Waals surface area contributed by atoms with E-state index in [2.05, 4.69) is 74.2 Å². The number of hydrogen-bond donors (Lipinski definition) is 1. The van der Waals surface area contributed by atoms with E-state index in [0.717, 1.165) is 20.5 Å². The molecule has 0 saturated heterocycles. The van der Waals surface area contributed by atoms with Gasteiger partial charge in [0.25, 0.3) is 0 Å². The number of aromatic nitrogens is 1. The van der Waals surface area contributed by atoms with E-state index >= 15 is 0 Å². The third-order valence-electron chi connectivity index (χ3n) is 2.66. The SMILES string of the molecule is CC(C)NCc1ccc(Sc2ncccc2Br)cc1Br. The van der Waals surface area contributed by atoms with Gasteiger partial charge in [-0.2, -0.15) is 0 Å². The summed E-state index contributed by atoms with van der Waals surface area (Å²) in [6, 6.07) is 10.8. The first-order valence-electron chi connectivity index (χ1n) is 6.36. The van der Waals surface area contributed by atoms with Crippen molar-refractivity contribution >= 4 is 43.6 Å². The smallest absolute Gasteiger partial charge is 0.115 e. The van der Waals surface area contributed by atoms with Crippen molar-refractivity contribution in [3.63, 3.8) is 0 Å². The summed E-state index contributed by atoms with van der Waals surface area (Å²) in [7, 11) is 0. The predicted molar refractivity (Wildman–Crippen MR) is 92.2 cm³/mol. The van der Waals surface area contributed by atoms with Gasteiger partial charge in [0.05, 0.1) is 4.47 Å². The second kappa shape index (κ2) is 7.59. The minimum absolute atomic E-state index is 0.487. The second-order valence-electron chi connectivity index (χ2n) is 4.68. The quantitative estimate of drug-likeness (QED) is 0.721. The molecule has 0 spiro atoms. The molecule has 106 valence electrons. The van der Waals surface area contributed by atoms with E-state index in [9.17, 15) is 0 Å². The Hall–Kier alpha value is -0.360. The van der Waals surface area contributed by atoms with Crippen molar-refractivity contribution in [3.05, 3.63) is 51.0 Å². The Morgan fingerprint density at radius 2 is 2.00 bits per heavy atom. The Kier molecular flexibility index (Phi) is 6.08. The van der Waals surface area contributed by atoms with Gasteiger partial charge >= 0.3 is 0 Å². The number of hydrogen-bond acceptors (Lipinski definition) is 3. The highest BCUT2D eigenvalue weighted by atomic mass is 79.9. The largest absolute Gasteiger partial charge is 0.310 e. The number of halogens is 2. The molecule has 0 unspecified atom stereocenters. The molecule has 0 atom stereocenters. The summed E-state index contributed by atoms with van der Waals surface area (Å²) >= 11 is 8.82. The fourth-order valence-electron chi connectivity index (χ4n) is 1.61. The Morgan fingerprint density at radius 1 is 1.20 bits per heavy atom. The van der Waals surface area contributed by atoms with Gasteiger partial charge in [-0.05, 0) is 45.8 Å². The fourth-order valence-corrected chi connectivity index (χ4v) is 3.59. The number of pyridine rings is 1. The molecule has 2 nitrogen and oxygen atoms in total. The normalized spacial score (nSPS) is 11.1. The van der Waals surface area contributed by atoms with Gasteiger partial charge in [-0.3, -0.25) is 0 Å². The van der Waals surface area contributed by atoms with Crippen LogP contribution in [-0.2, 0) is 6.54 Å². The van der Waals surface area contributed by atoms with Gasteiger partial charge in [-0.1, -0.05) is 47.6 Å². The molecule has 0 radical (unpaired) electrons. The van der Waals surface area contributed by atoms with E-state index in [1.807, 2.05) is 18.3 Å². The van der Waals surface area contributed by atoms with Gasteiger partial charge in [0, 0.05) is 28.2 Å². The van der Waals surface area contributed by atoms with Crippen molar-refractivity contribution in [2.45, 2.75) is 36.4 Å². The Labute approximate surface area is 141 Å². The lowest BCUT2D eigenvalue weighted by Crippen LogP contribution is -2.21. The maximum absolute atomic E-state index is 4.37. The van der Waals surface area contributed by atoms with Crippen LogP contribution >= 0.6 is 43.6 Å². The number of nitrogens with zero attached hydrogens (tertiary/aromatic N) is 1. The van der Waals surface area contributed by atoms with Gasteiger partial charge < -0.3 is 5.32 Å². The van der Waals surface area contributed by atoms with Crippen LogP contribution in [0.15, 0.2) is 55.4 Å². The van der Waals surface area contributed by atoms with Crippen molar-refractivity contribution in [1.29, 1.82) is 0 Å². The molecule has 2 aromatic rings. The van der Waals surface area contributed by atoms with Crippen molar-refractivity contribution in [2.75, 3.05) is 0 Å². The lowest BCUT2D eigenvalue weighted by Gasteiger charge is -2.11. The Morgan fingerprint density at radius 3 is 2.65 bits per heavy atom. The minimum Gasteiger partial charge on any atom is -0.310 e. The number of nitrogens with one attached hydrogen (secondary N) is 1. The van der Waals surface area contributed by atoms with E-state index in [-0.39, 0.29) is 0 Å². The minimum atomic E-state index is 0.487. The highest BCUT2D eigenvalue weighted by molar-refractivity contribution is 9.10. The molecule has 0 aliphatic heterocycles. The molecule has 0 amide bonds. The molecule has 0 fully saturated rings. The Balaban J connectivity index is 2.11. The standard InChI is InChI=1S/C15H16Br2N2S/c1-10(2)19-9-11-5-6-12(8-14(11)17)20-15-13(16)4-3-7-18-15/h3-8,10,19H,9H2,1-2H3. The average molecular weight is 416 g/mol. The van der Waals surface area contributed by atoms with E-state index in [1.165, 1.54) is 10.5 Å². The molecule has 1 aromatic carbocycles. The summed E-state index contributed by atoms with van der Waals surface area (Å²) in [6.45, 7) is 5.17. The summed E-state index contributed by atoms with van der Waals surface area (Å²) in [6.07, 6.45) is 1.81. The van der Waals surface area contributed by atoms with E-state index < -0.39 is 0 Å². The highest BCUT2D eigenvalue weighted by Crippen LogP contribution is 2.33. The third-order valence-corrected chi connectivity index (χ3v) is 5.31. The maximum atomic E-state index is 4.37. The first-order chi connectivity index (χ1) is 9.56. The first kappa shape index (κ1) is 16.0. The lowest BCUT2D eigenvalue weighted by atomic mass is 10.2. The van der Waals surface area contributed by atoms with E-state index in [4.69, 9.17) is 0 Å². The van der Waals surface area contributed by atoms with Gasteiger partial charge in [-0.15, -0.1) is 0 Å². The van der Waals surface area contributed by atoms with Crippen LogP contribution in [0, 0.1) is 0 Å². The molecule has 20 heavy (non-hydrogen) atoms. The molecule has 5 heteroatoms. The molecule has 1 heterocycles. The summed E-state index contributed by atoms with van der Waals surface area (Å²) < 4.78 is 2.15. The molecule has 2 rings (SSSR count). The van der Waals surface area contributed by atoms with Crippen LogP contribution in [-0.4, -0.2) is 11.0 Å². The molecule has 0 aliphatic rings. The molecular formula is C15H16Br2N2S. The highest BCUT2D eigenvalue weighted by Gasteiger charge is 2.06. The monoisotopic (exact) mass is 414 g/mol. The molecule has 0 aliphatic carbocycles. The zero-order valence-electron chi connectivity index (χ0n) is 11.4. The molecule has 1 N–H and O–H groups in total. The van der Waals surface area contributed by atoms with Crippen molar-refractivity contribution < 1.29 is 0 Å². The van der Waals surface area contributed by atoms with Crippen molar-refractivity contribution in [3.8, 4) is 0 Å².